The van der Waals surface area contributed by atoms with Crippen LogP contribution in [0.3, 0.4) is 0 Å². The van der Waals surface area contributed by atoms with Crippen LogP contribution in [0.25, 0.3) is 0 Å². The topological polar surface area (TPSA) is 0 Å². The molecule has 0 aromatic heterocycles. The summed E-state index contributed by atoms with van der Waals surface area (Å²) in [5, 5.41) is 0. The summed E-state index contributed by atoms with van der Waals surface area (Å²) in [5.41, 5.74) is 5.51. The highest BCUT2D eigenvalue weighted by atomic mass is 19.4. The molecule has 0 aliphatic heterocycles. The summed E-state index contributed by atoms with van der Waals surface area (Å²) in [6.45, 7) is 10.7. The van der Waals surface area contributed by atoms with Crippen LogP contribution >= 0.6 is 0 Å². The third-order valence-corrected chi connectivity index (χ3v) is 5.18. The van der Waals surface area contributed by atoms with Crippen LogP contribution in [0, 0.1) is 5.41 Å². The van der Waals surface area contributed by atoms with E-state index in [0.717, 1.165) is 12.0 Å². The molecule has 0 N–H and O–H groups in total. The van der Waals surface area contributed by atoms with Gasteiger partial charge in [0.25, 0.3) is 0 Å². The Balaban J connectivity index is 2.31. The molecule has 0 saturated heterocycles. The van der Waals surface area contributed by atoms with Gasteiger partial charge in [-0.2, -0.15) is 13.2 Å². The van der Waals surface area contributed by atoms with E-state index in [1.807, 2.05) is 0 Å². The van der Waals surface area contributed by atoms with E-state index in [0.29, 0.717) is 0 Å². The Morgan fingerprint density at radius 2 is 1.29 bits per heavy atom. The van der Waals surface area contributed by atoms with E-state index in [2.05, 4.69) is 34.6 Å². The largest absolute Gasteiger partial charge is 0.416 e. The Hall–Kier alpha value is -1.51. The molecule has 1 aliphatic rings. The van der Waals surface area contributed by atoms with Crippen molar-refractivity contribution in [3.8, 4) is 0 Å². The molecule has 0 atom stereocenters. The number of alkyl halides is 3. The predicted octanol–water partition coefficient (Wildman–Crippen LogP) is 5.94. The second-order valence-electron chi connectivity index (χ2n) is 6.20. The average Bonchev–Trinajstić information content (AvgIpc) is 2.55. The van der Waals surface area contributed by atoms with Gasteiger partial charge in [-0.3, -0.25) is 0 Å². The zero-order chi connectivity index (χ0) is 16.0. The van der Waals surface area contributed by atoms with Gasteiger partial charge in [-0.25, -0.2) is 0 Å². The molecule has 0 heterocycles. The summed E-state index contributed by atoms with van der Waals surface area (Å²) >= 11 is 0. The van der Waals surface area contributed by atoms with Gasteiger partial charge in [0.05, 0.1) is 5.56 Å². The lowest BCUT2D eigenvalue weighted by Crippen LogP contribution is -2.21. The van der Waals surface area contributed by atoms with Crippen LogP contribution in [0.4, 0.5) is 13.2 Å². The highest BCUT2D eigenvalue weighted by Crippen LogP contribution is 2.48. The van der Waals surface area contributed by atoms with Crippen LogP contribution in [-0.4, -0.2) is 0 Å². The predicted molar refractivity (Wildman–Crippen MR) is 80.0 cm³/mol. The average molecular weight is 294 g/mol. The third-order valence-electron chi connectivity index (χ3n) is 5.18. The highest BCUT2D eigenvalue weighted by molar-refractivity contribution is 5.51. The number of hydrogen-bond acceptors (Lipinski definition) is 0. The van der Waals surface area contributed by atoms with E-state index in [4.69, 9.17) is 0 Å². The Kier molecular flexibility index (Phi) is 3.81. The standard InChI is InChI=1S/C18H21F3/c1-11-12(2)14(4)17(5,13(11)3)10-15-6-8-16(9-7-15)18(19,20)21/h6-9H,10H2,1-5H3. The molecule has 3 heteroatoms. The first kappa shape index (κ1) is 15.9. The van der Waals surface area contributed by atoms with Crippen molar-refractivity contribution in [2.24, 2.45) is 5.41 Å². The summed E-state index contributed by atoms with van der Waals surface area (Å²) in [6.07, 6.45) is -3.54. The van der Waals surface area contributed by atoms with E-state index in [-0.39, 0.29) is 5.41 Å². The number of benzene rings is 1. The summed E-state index contributed by atoms with van der Waals surface area (Å²) in [7, 11) is 0. The number of allylic oxidation sites excluding steroid dienone is 4. The third kappa shape index (κ3) is 2.66. The van der Waals surface area contributed by atoms with Crippen molar-refractivity contribution in [2.75, 3.05) is 0 Å². The monoisotopic (exact) mass is 294 g/mol. The first-order chi connectivity index (χ1) is 9.57. The lowest BCUT2D eigenvalue weighted by molar-refractivity contribution is -0.137. The molecule has 0 saturated carbocycles. The maximum atomic E-state index is 12.6. The Morgan fingerprint density at radius 1 is 0.857 bits per heavy atom. The van der Waals surface area contributed by atoms with Gasteiger partial charge in [-0.05, 0) is 63.0 Å². The fraction of sp³-hybridized carbons (Fsp3) is 0.444. The minimum absolute atomic E-state index is 0.0894. The van der Waals surface area contributed by atoms with E-state index < -0.39 is 11.7 Å². The molecule has 0 radical (unpaired) electrons. The van der Waals surface area contributed by atoms with E-state index >= 15 is 0 Å². The minimum Gasteiger partial charge on any atom is -0.166 e. The second-order valence-corrected chi connectivity index (χ2v) is 6.20. The summed E-state index contributed by atoms with van der Waals surface area (Å²) in [6, 6.07) is 5.53. The van der Waals surface area contributed by atoms with Crippen LogP contribution in [0.15, 0.2) is 46.6 Å². The van der Waals surface area contributed by atoms with Crippen molar-refractivity contribution in [1.82, 2.24) is 0 Å². The maximum absolute atomic E-state index is 12.6. The van der Waals surface area contributed by atoms with Crippen LogP contribution in [0.5, 0.6) is 0 Å². The molecule has 1 aromatic carbocycles. The SMILES string of the molecule is CC1=C(C)C(C)(Cc2ccc(C(F)(F)F)cc2)C(C)=C1C. The zero-order valence-corrected chi connectivity index (χ0v) is 13.2. The molecule has 2 rings (SSSR count). The minimum atomic E-state index is -4.27. The van der Waals surface area contributed by atoms with E-state index in [1.165, 1.54) is 34.4 Å². The molecule has 114 valence electrons. The lowest BCUT2D eigenvalue weighted by atomic mass is 9.74. The van der Waals surface area contributed by atoms with Crippen molar-refractivity contribution in [3.63, 3.8) is 0 Å². The molecule has 0 bridgehead atoms. The fourth-order valence-corrected chi connectivity index (χ4v) is 3.16. The number of halogens is 3. The smallest absolute Gasteiger partial charge is 0.166 e. The van der Waals surface area contributed by atoms with Gasteiger partial charge in [0.2, 0.25) is 0 Å². The van der Waals surface area contributed by atoms with Gasteiger partial charge >= 0.3 is 6.18 Å². The van der Waals surface area contributed by atoms with Crippen molar-refractivity contribution < 1.29 is 13.2 Å². The molecule has 0 fully saturated rings. The van der Waals surface area contributed by atoms with Crippen LogP contribution in [-0.2, 0) is 12.6 Å². The number of rotatable bonds is 2. The molecule has 0 spiro atoms. The lowest BCUT2D eigenvalue weighted by Gasteiger charge is -2.29. The first-order valence-corrected chi connectivity index (χ1v) is 7.10. The molecular formula is C18H21F3. The van der Waals surface area contributed by atoms with Crippen LogP contribution < -0.4 is 0 Å². The van der Waals surface area contributed by atoms with Crippen LogP contribution in [0.1, 0.15) is 45.7 Å². The molecule has 21 heavy (non-hydrogen) atoms. The van der Waals surface area contributed by atoms with E-state index in [1.54, 1.807) is 12.1 Å². The van der Waals surface area contributed by atoms with Gasteiger partial charge in [0.1, 0.15) is 0 Å². The number of hydrogen-bond donors (Lipinski definition) is 0. The highest BCUT2D eigenvalue weighted by Gasteiger charge is 2.36. The summed E-state index contributed by atoms with van der Waals surface area (Å²) in [4.78, 5) is 0. The van der Waals surface area contributed by atoms with Crippen molar-refractivity contribution >= 4 is 0 Å². The quantitative estimate of drug-likeness (QED) is 0.633. The molecular weight excluding hydrogens is 273 g/mol. The maximum Gasteiger partial charge on any atom is 0.416 e. The van der Waals surface area contributed by atoms with Gasteiger partial charge < -0.3 is 0 Å². The van der Waals surface area contributed by atoms with Crippen molar-refractivity contribution in [3.05, 3.63) is 57.7 Å². The molecule has 1 aromatic rings. The molecule has 1 aliphatic carbocycles. The first-order valence-electron chi connectivity index (χ1n) is 7.10. The fourth-order valence-electron chi connectivity index (χ4n) is 3.16. The summed E-state index contributed by atoms with van der Waals surface area (Å²) in [5.74, 6) is 0. The van der Waals surface area contributed by atoms with E-state index in [9.17, 15) is 13.2 Å². The summed E-state index contributed by atoms with van der Waals surface area (Å²) < 4.78 is 37.8. The van der Waals surface area contributed by atoms with Gasteiger partial charge in [0, 0.05) is 5.41 Å². The Bertz CT molecular complexity index is 589. The van der Waals surface area contributed by atoms with Gasteiger partial charge in [-0.15, -0.1) is 0 Å². The molecule has 0 unspecified atom stereocenters. The van der Waals surface area contributed by atoms with Gasteiger partial charge in [-0.1, -0.05) is 30.2 Å². The Morgan fingerprint density at radius 3 is 1.67 bits per heavy atom. The zero-order valence-electron chi connectivity index (χ0n) is 13.2. The molecule has 0 nitrogen and oxygen atoms in total. The van der Waals surface area contributed by atoms with Gasteiger partial charge in [0.15, 0.2) is 0 Å². The van der Waals surface area contributed by atoms with Crippen molar-refractivity contribution in [1.29, 1.82) is 0 Å². The normalized spacial score (nSPS) is 18.7. The van der Waals surface area contributed by atoms with Crippen LogP contribution in [0.2, 0.25) is 0 Å². The molecule has 0 amide bonds. The van der Waals surface area contributed by atoms with Crippen molar-refractivity contribution in [2.45, 2.75) is 47.2 Å². The second kappa shape index (κ2) is 5.04. The Labute approximate surface area is 124 Å².